The van der Waals surface area contributed by atoms with E-state index >= 15 is 0 Å². The molecule has 0 fully saturated rings. The van der Waals surface area contributed by atoms with Crippen molar-refractivity contribution < 1.29 is 4.74 Å². The van der Waals surface area contributed by atoms with Gasteiger partial charge in [-0.15, -0.1) is 0 Å². The minimum atomic E-state index is 0.456. The molecule has 3 aromatic rings. The van der Waals surface area contributed by atoms with Crippen molar-refractivity contribution in [2.24, 2.45) is 5.92 Å². The van der Waals surface area contributed by atoms with Gasteiger partial charge >= 0.3 is 0 Å². The Morgan fingerprint density at radius 2 is 1.56 bits per heavy atom. The quantitative estimate of drug-likeness (QED) is 0.293. The Labute approximate surface area is 218 Å². The first-order chi connectivity index (χ1) is 17.5. The maximum absolute atomic E-state index is 5.43. The van der Waals surface area contributed by atoms with Crippen LogP contribution in [0.3, 0.4) is 0 Å². The largest absolute Gasteiger partial charge is 0.497 e. The highest BCUT2D eigenvalue weighted by Crippen LogP contribution is 2.41. The second kappa shape index (κ2) is 12.3. The third-order valence-electron chi connectivity index (χ3n) is 7.55. The summed E-state index contributed by atoms with van der Waals surface area (Å²) in [7, 11) is 1.74. The predicted molar refractivity (Wildman–Crippen MR) is 155 cm³/mol. The number of hydrogen-bond donors (Lipinski definition) is 0. The van der Waals surface area contributed by atoms with Gasteiger partial charge in [-0.25, -0.2) is 0 Å². The zero-order chi connectivity index (χ0) is 25.5. The van der Waals surface area contributed by atoms with Crippen LogP contribution in [0.25, 0.3) is 5.57 Å². The van der Waals surface area contributed by atoms with Gasteiger partial charge in [0.1, 0.15) is 5.75 Å². The fraction of sp³-hybridized carbons (Fsp3) is 0.371. The van der Waals surface area contributed by atoms with E-state index in [4.69, 9.17) is 4.74 Å². The van der Waals surface area contributed by atoms with Gasteiger partial charge in [-0.1, -0.05) is 106 Å². The van der Waals surface area contributed by atoms with Crippen molar-refractivity contribution in [3.05, 3.63) is 118 Å². The van der Waals surface area contributed by atoms with Crippen LogP contribution in [0.15, 0.2) is 90.5 Å². The number of allylic oxidation sites excluding steroid dienone is 4. The van der Waals surface area contributed by atoms with Crippen molar-refractivity contribution in [1.29, 1.82) is 0 Å². The van der Waals surface area contributed by atoms with Crippen molar-refractivity contribution in [3.63, 3.8) is 0 Å². The van der Waals surface area contributed by atoms with E-state index in [1.54, 1.807) is 18.3 Å². The molecule has 0 saturated carbocycles. The first-order valence-corrected chi connectivity index (χ1v) is 13.6. The van der Waals surface area contributed by atoms with Gasteiger partial charge in [0.15, 0.2) is 0 Å². The van der Waals surface area contributed by atoms with Crippen LogP contribution < -0.4 is 4.74 Å². The fourth-order valence-electron chi connectivity index (χ4n) is 5.51. The molecule has 3 aromatic carbocycles. The maximum atomic E-state index is 5.43. The minimum absolute atomic E-state index is 0.456. The van der Waals surface area contributed by atoms with E-state index in [9.17, 15) is 0 Å². The SMILES string of the molecule is COc1ccc(C/C2=C(\c3cc(C(C)C)ccc3C(C)C)C(Cc3ccccc3)C/C=C\CC2)cc1. The summed E-state index contributed by atoms with van der Waals surface area (Å²) >= 11 is 0. The average molecular weight is 479 g/mol. The van der Waals surface area contributed by atoms with Gasteiger partial charge in [0.05, 0.1) is 7.11 Å². The zero-order valence-corrected chi connectivity index (χ0v) is 22.8. The van der Waals surface area contributed by atoms with Gasteiger partial charge in [0.25, 0.3) is 0 Å². The lowest BCUT2D eigenvalue weighted by atomic mass is 9.75. The minimum Gasteiger partial charge on any atom is -0.497 e. The number of ether oxygens (including phenoxy) is 1. The summed E-state index contributed by atoms with van der Waals surface area (Å²) in [5.74, 6) is 2.37. The van der Waals surface area contributed by atoms with Crippen LogP contribution in [0.2, 0.25) is 0 Å². The highest BCUT2D eigenvalue weighted by atomic mass is 16.5. The highest BCUT2D eigenvalue weighted by Gasteiger charge is 2.25. The molecule has 0 saturated heterocycles. The Kier molecular flexibility index (Phi) is 8.86. The van der Waals surface area contributed by atoms with E-state index in [1.807, 2.05) is 0 Å². The van der Waals surface area contributed by atoms with Gasteiger partial charge in [-0.2, -0.15) is 0 Å². The first-order valence-electron chi connectivity index (χ1n) is 13.6. The molecule has 188 valence electrons. The lowest BCUT2D eigenvalue weighted by molar-refractivity contribution is 0.414. The van der Waals surface area contributed by atoms with Gasteiger partial charge in [0, 0.05) is 0 Å². The van der Waals surface area contributed by atoms with E-state index < -0.39 is 0 Å². The average Bonchev–Trinajstić information content (AvgIpc) is 2.87. The van der Waals surface area contributed by atoms with Gasteiger partial charge in [0.2, 0.25) is 0 Å². The van der Waals surface area contributed by atoms with Gasteiger partial charge in [-0.05, 0) is 95.4 Å². The molecule has 0 heterocycles. The van der Waals surface area contributed by atoms with Crippen LogP contribution in [-0.4, -0.2) is 7.11 Å². The van der Waals surface area contributed by atoms with Crippen molar-refractivity contribution >= 4 is 5.57 Å². The molecular weight excluding hydrogens is 436 g/mol. The molecule has 0 N–H and O–H groups in total. The van der Waals surface area contributed by atoms with Crippen LogP contribution in [0.4, 0.5) is 0 Å². The third-order valence-corrected chi connectivity index (χ3v) is 7.55. The fourth-order valence-corrected chi connectivity index (χ4v) is 5.51. The highest BCUT2D eigenvalue weighted by molar-refractivity contribution is 5.75. The van der Waals surface area contributed by atoms with E-state index in [0.29, 0.717) is 17.8 Å². The van der Waals surface area contributed by atoms with Crippen LogP contribution in [0.1, 0.15) is 86.6 Å². The molecule has 1 unspecified atom stereocenters. The Balaban J connectivity index is 1.90. The second-order valence-corrected chi connectivity index (χ2v) is 10.8. The van der Waals surface area contributed by atoms with Crippen LogP contribution >= 0.6 is 0 Å². The molecule has 1 nitrogen and oxygen atoms in total. The summed E-state index contributed by atoms with van der Waals surface area (Å²) < 4.78 is 5.43. The molecule has 0 aliphatic heterocycles. The lowest BCUT2D eigenvalue weighted by Gasteiger charge is -2.29. The number of rotatable bonds is 8. The molecule has 0 amide bonds. The van der Waals surface area contributed by atoms with Crippen molar-refractivity contribution in [2.45, 2.75) is 71.6 Å². The number of methoxy groups -OCH3 is 1. The normalized spacial score (nSPS) is 19.2. The first kappa shape index (κ1) is 26.0. The number of benzene rings is 3. The van der Waals surface area contributed by atoms with Gasteiger partial charge in [-0.3, -0.25) is 0 Å². The van der Waals surface area contributed by atoms with E-state index in [1.165, 1.54) is 27.8 Å². The summed E-state index contributed by atoms with van der Waals surface area (Å²) in [6, 6.07) is 27.0. The molecule has 1 atom stereocenters. The molecule has 1 aliphatic carbocycles. The second-order valence-electron chi connectivity index (χ2n) is 10.8. The molecular formula is C35H42O. The van der Waals surface area contributed by atoms with E-state index in [-0.39, 0.29) is 0 Å². The van der Waals surface area contributed by atoms with E-state index in [2.05, 4.69) is 113 Å². The summed E-state index contributed by atoms with van der Waals surface area (Å²) in [6.07, 6.45) is 10.2. The van der Waals surface area contributed by atoms with Crippen molar-refractivity contribution in [2.75, 3.05) is 7.11 Å². The smallest absolute Gasteiger partial charge is 0.118 e. The molecule has 1 aliphatic rings. The van der Waals surface area contributed by atoms with Gasteiger partial charge < -0.3 is 4.74 Å². The maximum Gasteiger partial charge on any atom is 0.118 e. The number of hydrogen-bond acceptors (Lipinski definition) is 1. The standard InChI is InChI=1S/C35H42O/c1-25(2)29-18-21-33(26(3)4)34(24-29)35-30(22-27-12-8-6-9-13-27)14-10-7-11-15-31(35)23-28-16-19-32(36-5)20-17-28/h6-10,12-13,16-21,24-26,30H,11,14-15,22-23H2,1-5H3/b10-7-,35-31-. The zero-order valence-electron chi connectivity index (χ0n) is 22.8. The Hall–Kier alpha value is -3.06. The Morgan fingerprint density at radius 3 is 2.22 bits per heavy atom. The van der Waals surface area contributed by atoms with Crippen LogP contribution in [0, 0.1) is 5.92 Å². The van der Waals surface area contributed by atoms with Crippen molar-refractivity contribution in [3.8, 4) is 5.75 Å². The summed E-state index contributed by atoms with van der Waals surface area (Å²) in [4.78, 5) is 0. The van der Waals surface area contributed by atoms with Crippen LogP contribution in [-0.2, 0) is 12.8 Å². The summed E-state index contributed by atoms with van der Waals surface area (Å²) in [5.41, 5.74) is 10.3. The molecule has 0 spiro atoms. The molecule has 1 heteroatoms. The topological polar surface area (TPSA) is 9.23 Å². The summed E-state index contributed by atoms with van der Waals surface area (Å²) in [6.45, 7) is 9.30. The van der Waals surface area contributed by atoms with E-state index in [0.717, 1.165) is 37.9 Å². The Morgan fingerprint density at radius 1 is 0.806 bits per heavy atom. The Bertz CT molecular complexity index is 1180. The lowest BCUT2D eigenvalue weighted by Crippen LogP contribution is -2.14. The predicted octanol–water partition coefficient (Wildman–Crippen LogP) is 9.54. The molecule has 36 heavy (non-hydrogen) atoms. The monoisotopic (exact) mass is 478 g/mol. The molecule has 0 aromatic heterocycles. The molecule has 4 rings (SSSR count). The van der Waals surface area contributed by atoms with Crippen LogP contribution in [0.5, 0.6) is 5.75 Å². The summed E-state index contributed by atoms with van der Waals surface area (Å²) in [5, 5.41) is 0. The molecule has 0 radical (unpaired) electrons. The third kappa shape index (κ3) is 6.38. The molecule has 0 bridgehead atoms. The van der Waals surface area contributed by atoms with Crippen molar-refractivity contribution in [1.82, 2.24) is 0 Å².